The minimum atomic E-state index is -0.124. The summed E-state index contributed by atoms with van der Waals surface area (Å²) in [7, 11) is 1.96. The van der Waals surface area contributed by atoms with Crippen LogP contribution in [-0.4, -0.2) is 25.2 Å². The second kappa shape index (κ2) is 7.31. The molecule has 2 aromatic heterocycles. The van der Waals surface area contributed by atoms with E-state index in [9.17, 15) is 4.79 Å². The Bertz CT molecular complexity index is 1140. The smallest absolute Gasteiger partial charge is 0.255 e. The lowest BCUT2D eigenvalue weighted by molar-refractivity contribution is 0.0948. The number of carbonyl (C=O) groups excluding carboxylic acids is 1. The van der Waals surface area contributed by atoms with E-state index < -0.39 is 0 Å². The van der Waals surface area contributed by atoms with E-state index in [-0.39, 0.29) is 5.91 Å². The van der Waals surface area contributed by atoms with Crippen molar-refractivity contribution >= 4 is 16.9 Å². The third kappa shape index (κ3) is 3.29. The Morgan fingerprint density at radius 3 is 2.50 bits per heavy atom. The number of rotatable bonds is 5. The topological polar surface area (TPSA) is 64.7 Å². The van der Waals surface area contributed by atoms with Crippen LogP contribution >= 0.6 is 0 Å². The van der Waals surface area contributed by atoms with Gasteiger partial charge >= 0.3 is 0 Å². The van der Waals surface area contributed by atoms with E-state index in [0.29, 0.717) is 18.7 Å². The molecular formula is C22H23N5O. The number of nitrogens with one attached hydrogen (secondary N) is 1. The average molecular weight is 373 g/mol. The van der Waals surface area contributed by atoms with E-state index >= 15 is 0 Å². The van der Waals surface area contributed by atoms with E-state index in [0.717, 1.165) is 33.8 Å². The molecule has 4 aromatic rings. The van der Waals surface area contributed by atoms with Crippen molar-refractivity contribution in [1.82, 2.24) is 24.6 Å². The summed E-state index contributed by atoms with van der Waals surface area (Å²) >= 11 is 0. The zero-order valence-corrected chi connectivity index (χ0v) is 16.3. The molecule has 0 saturated heterocycles. The van der Waals surface area contributed by atoms with Crippen molar-refractivity contribution in [3.63, 3.8) is 0 Å². The second-order valence-corrected chi connectivity index (χ2v) is 6.95. The minimum Gasteiger partial charge on any atom is -0.345 e. The van der Waals surface area contributed by atoms with Gasteiger partial charge in [0.1, 0.15) is 5.82 Å². The first kappa shape index (κ1) is 18.0. The van der Waals surface area contributed by atoms with E-state index in [1.165, 1.54) is 0 Å². The van der Waals surface area contributed by atoms with Crippen LogP contribution in [0.2, 0.25) is 0 Å². The third-order valence-corrected chi connectivity index (χ3v) is 5.07. The molecule has 0 spiro atoms. The van der Waals surface area contributed by atoms with E-state index in [4.69, 9.17) is 0 Å². The fraction of sp³-hybridized carbons (Fsp3) is 0.227. The van der Waals surface area contributed by atoms with Gasteiger partial charge in [-0.25, -0.2) is 4.98 Å². The Morgan fingerprint density at radius 1 is 1.04 bits per heavy atom. The minimum absolute atomic E-state index is 0.124. The highest BCUT2D eigenvalue weighted by Gasteiger charge is 2.19. The lowest BCUT2D eigenvalue weighted by Crippen LogP contribution is -2.25. The Hall–Kier alpha value is -3.41. The van der Waals surface area contributed by atoms with Crippen molar-refractivity contribution in [1.29, 1.82) is 0 Å². The van der Waals surface area contributed by atoms with Gasteiger partial charge < -0.3 is 9.88 Å². The van der Waals surface area contributed by atoms with Gasteiger partial charge in [0.2, 0.25) is 0 Å². The van der Waals surface area contributed by atoms with Gasteiger partial charge in [-0.1, -0.05) is 42.5 Å². The number of aryl methyl sites for hydroxylation is 2. The van der Waals surface area contributed by atoms with Crippen molar-refractivity contribution in [3.8, 4) is 0 Å². The van der Waals surface area contributed by atoms with E-state index in [2.05, 4.69) is 27.5 Å². The fourth-order valence-electron chi connectivity index (χ4n) is 3.54. The monoisotopic (exact) mass is 373 g/mol. The Morgan fingerprint density at radius 2 is 1.75 bits per heavy atom. The molecule has 0 aliphatic heterocycles. The van der Waals surface area contributed by atoms with Crippen molar-refractivity contribution in [2.75, 3.05) is 0 Å². The molecule has 142 valence electrons. The number of nitrogens with zero attached hydrogens (tertiary/aromatic N) is 4. The fourth-order valence-corrected chi connectivity index (χ4v) is 3.54. The Balaban J connectivity index is 1.52. The van der Waals surface area contributed by atoms with Crippen LogP contribution in [0.25, 0.3) is 11.0 Å². The normalized spacial score (nSPS) is 11.1. The van der Waals surface area contributed by atoms with Gasteiger partial charge in [-0.15, -0.1) is 0 Å². The van der Waals surface area contributed by atoms with E-state index in [1.807, 2.05) is 72.6 Å². The van der Waals surface area contributed by atoms with Gasteiger partial charge in [0, 0.05) is 12.7 Å². The Kier molecular flexibility index (Phi) is 4.69. The molecule has 1 amide bonds. The van der Waals surface area contributed by atoms with E-state index in [1.54, 1.807) is 0 Å². The summed E-state index contributed by atoms with van der Waals surface area (Å²) in [6.45, 7) is 4.82. The summed E-state index contributed by atoms with van der Waals surface area (Å²) in [5, 5.41) is 7.57. The van der Waals surface area contributed by atoms with Crippen molar-refractivity contribution in [3.05, 3.63) is 82.9 Å². The van der Waals surface area contributed by atoms with Crippen molar-refractivity contribution in [2.24, 2.45) is 7.05 Å². The standard InChI is InChI=1S/C22H23N5O/c1-15-21(16(2)27(25-15)14-17-9-5-4-6-10-17)22(28)23-13-20-24-18-11-7-8-12-19(18)26(20)3/h4-12H,13-14H2,1-3H3,(H,23,28). The van der Waals surface area contributed by atoms with Crippen molar-refractivity contribution < 1.29 is 4.79 Å². The van der Waals surface area contributed by atoms with Crippen LogP contribution in [0.5, 0.6) is 0 Å². The first-order valence-electron chi connectivity index (χ1n) is 9.31. The van der Waals surface area contributed by atoms with Crippen LogP contribution in [-0.2, 0) is 20.1 Å². The SMILES string of the molecule is Cc1nn(Cc2ccccc2)c(C)c1C(=O)NCc1nc2ccccc2n1C. The molecule has 0 radical (unpaired) electrons. The summed E-state index contributed by atoms with van der Waals surface area (Å²) in [6.07, 6.45) is 0. The molecule has 2 aromatic carbocycles. The molecule has 2 heterocycles. The van der Waals surface area contributed by atoms with Crippen LogP contribution in [0.1, 0.15) is 33.1 Å². The maximum absolute atomic E-state index is 12.9. The molecule has 0 atom stereocenters. The molecule has 28 heavy (non-hydrogen) atoms. The number of carbonyl (C=O) groups is 1. The van der Waals surface area contributed by atoms with Gasteiger partial charge in [0.05, 0.1) is 35.4 Å². The second-order valence-electron chi connectivity index (χ2n) is 6.95. The third-order valence-electron chi connectivity index (χ3n) is 5.07. The summed E-state index contributed by atoms with van der Waals surface area (Å²) in [4.78, 5) is 17.5. The maximum Gasteiger partial charge on any atom is 0.255 e. The summed E-state index contributed by atoms with van der Waals surface area (Å²) in [5.74, 6) is 0.697. The van der Waals surface area contributed by atoms with Crippen molar-refractivity contribution in [2.45, 2.75) is 26.9 Å². The van der Waals surface area contributed by atoms with Crippen LogP contribution in [0.3, 0.4) is 0 Å². The summed E-state index contributed by atoms with van der Waals surface area (Å²) in [6, 6.07) is 18.1. The van der Waals surface area contributed by atoms with Gasteiger partial charge in [0.25, 0.3) is 5.91 Å². The highest BCUT2D eigenvalue weighted by molar-refractivity contribution is 5.96. The Labute approximate surface area is 163 Å². The predicted octanol–water partition coefficient (Wildman–Crippen LogP) is 3.36. The summed E-state index contributed by atoms with van der Waals surface area (Å²) in [5.41, 5.74) is 5.36. The number of amides is 1. The largest absolute Gasteiger partial charge is 0.345 e. The van der Waals surface area contributed by atoms with Gasteiger partial charge in [0.15, 0.2) is 0 Å². The number of fused-ring (bicyclic) bond motifs is 1. The molecule has 1 N–H and O–H groups in total. The molecule has 0 saturated carbocycles. The van der Waals surface area contributed by atoms with Crippen LogP contribution in [0.4, 0.5) is 0 Å². The molecule has 0 bridgehead atoms. The predicted molar refractivity (Wildman–Crippen MR) is 109 cm³/mol. The molecule has 0 unspecified atom stereocenters. The molecule has 0 aliphatic carbocycles. The quantitative estimate of drug-likeness (QED) is 0.583. The summed E-state index contributed by atoms with van der Waals surface area (Å²) < 4.78 is 3.89. The van der Waals surface area contributed by atoms with Crippen LogP contribution < -0.4 is 5.32 Å². The molecular weight excluding hydrogens is 350 g/mol. The molecule has 0 fully saturated rings. The number of hydrogen-bond acceptors (Lipinski definition) is 3. The molecule has 6 heteroatoms. The molecule has 6 nitrogen and oxygen atoms in total. The first-order chi connectivity index (χ1) is 13.5. The van der Waals surface area contributed by atoms with Crippen LogP contribution in [0.15, 0.2) is 54.6 Å². The number of aromatic nitrogens is 4. The van der Waals surface area contributed by atoms with Gasteiger partial charge in [-0.2, -0.15) is 5.10 Å². The number of para-hydroxylation sites is 2. The number of hydrogen-bond donors (Lipinski definition) is 1. The lowest BCUT2D eigenvalue weighted by atomic mass is 10.1. The van der Waals surface area contributed by atoms with Gasteiger partial charge in [-0.3, -0.25) is 9.48 Å². The zero-order chi connectivity index (χ0) is 19.7. The number of imidazole rings is 1. The maximum atomic E-state index is 12.9. The molecule has 4 rings (SSSR count). The lowest BCUT2D eigenvalue weighted by Gasteiger charge is -2.07. The molecule has 0 aliphatic rings. The zero-order valence-electron chi connectivity index (χ0n) is 16.3. The number of benzene rings is 2. The highest BCUT2D eigenvalue weighted by Crippen LogP contribution is 2.16. The van der Waals surface area contributed by atoms with Gasteiger partial charge in [-0.05, 0) is 31.5 Å². The first-order valence-corrected chi connectivity index (χ1v) is 9.31. The average Bonchev–Trinajstić information content (AvgIpc) is 3.17. The van der Waals surface area contributed by atoms with Crippen LogP contribution in [0, 0.1) is 13.8 Å². The highest BCUT2D eigenvalue weighted by atomic mass is 16.1.